The largest absolute Gasteiger partial charge is 0.495 e. The van der Waals surface area contributed by atoms with E-state index < -0.39 is 15.9 Å². The molecule has 1 amide bonds. The lowest BCUT2D eigenvalue weighted by molar-refractivity contribution is 0.102. The molecule has 0 radical (unpaired) electrons. The highest BCUT2D eigenvalue weighted by molar-refractivity contribution is 9.10. The molecule has 10 heteroatoms. The van der Waals surface area contributed by atoms with Gasteiger partial charge in [0.2, 0.25) is 0 Å². The summed E-state index contributed by atoms with van der Waals surface area (Å²) in [5, 5.41) is 3.19. The topological polar surface area (TPSA) is 84.5 Å². The lowest BCUT2D eigenvalue weighted by Gasteiger charge is -2.14. The van der Waals surface area contributed by atoms with Crippen LogP contribution >= 0.6 is 39.1 Å². The summed E-state index contributed by atoms with van der Waals surface area (Å²) in [6, 6.07) is 15.4. The molecule has 3 aromatic carbocycles. The molecule has 0 saturated heterocycles. The number of sulfonamides is 1. The van der Waals surface area contributed by atoms with E-state index in [1.54, 1.807) is 24.3 Å². The van der Waals surface area contributed by atoms with Crippen molar-refractivity contribution in [2.24, 2.45) is 0 Å². The van der Waals surface area contributed by atoms with Gasteiger partial charge in [0.1, 0.15) is 5.75 Å². The standard InChI is InChI=1S/C20H15BrCl2N2O4S/c1-29-19-9-7-13(30(27,28)25-17-5-3-2-4-15(17)21)11-18(19)24-20(26)14-8-6-12(22)10-16(14)23/h2-11,25H,1H3,(H,24,26). The molecule has 0 spiro atoms. The van der Waals surface area contributed by atoms with Gasteiger partial charge in [-0.2, -0.15) is 0 Å². The fourth-order valence-electron chi connectivity index (χ4n) is 2.56. The second-order valence-corrected chi connectivity index (χ2v) is 9.41. The number of amides is 1. The Kier molecular flexibility index (Phi) is 6.92. The van der Waals surface area contributed by atoms with Crippen LogP contribution in [0.3, 0.4) is 0 Å². The van der Waals surface area contributed by atoms with Gasteiger partial charge in [0, 0.05) is 9.50 Å². The quantitative estimate of drug-likeness (QED) is 0.421. The van der Waals surface area contributed by atoms with E-state index in [4.69, 9.17) is 27.9 Å². The van der Waals surface area contributed by atoms with Crippen molar-refractivity contribution in [2.45, 2.75) is 4.90 Å². The van der Waals surface area contributed by atoms with Gasteiger partial charge in [-0.3, -0.25) is 9.52 Å². The van der Waals surface area contributed by atoms with Crippen molar-refractivity contribution in [3.8, 4) is 5.75 Å². The number of carbonyl (C=O) groups excluding carboxylic acids is 1. The van der Waals surface area contributed by atoms with Gasteiger partial charge in [-0.25, -0.2) is 8.42 Å². The zero-order valence-corrected chi connectivity index (χ0v) is 19.4. The second-order valence-electron chi connectivity index (χ2n) is 6.03. The third-order valence-corrected chi connectivity index (χ3v) is 6.63. The maximum absolute atomic E-state index is 12.8. The number of rotatable bonds is 6. The van der Waals surface area contributed by atoms with Crippen LogP contribution in [0, 0.1) is 0 Å². The maximum Gasteiger partial charge on any atom is 0.262 e. The van der Waals surface area contributed by atoms with Gasteiger partial charge in [0.05, 0.1) is 34.0 Å². The number of para-hydroxylation sites is 1. The van der Waals surface area contributed by atoms with E-state index in [2.05, 4.69) is 26.0 Å². The predicted octanol–water partition coefficient (Wildman–Crippen LogP) is 5.82. The molecule has 0 bridgehead atoms. The van der Waals surface area contributed by atoms with E-state index in [9.17, 15) is 13.2 Å². The molecule has 0 fully saturated rings. The highest BCUT2D eigenvalue weighted by Gasteiger charge is 2.20. The third-order valence-electron chi connectivity index (χ3n) is 4.02. The van der Waals surface area contributed by atoms with Gasteiger partial charge in [0.25, 0.3) is 15.9 Å². The fraction of sp³-hybridized carbons (Fsp3) is 0.0500. The molecule has 0 aliphatic rings. The molecule has 2 N–H and O–H groups in total. The van der Waals surface area contributed by atoms with Crippen molar-refractivity contribution in [3.05, 3.63) is 80.7 Å². The molecular formula is C20H15BrCl2N2O4S. The van der Waals surface area contributed by atoms with Crippen molar-refractivity contribution < 1.29 is 17.9 Å². The van der Waals surface area contributed by atoms with E-state index in [1.165, 1.54) is 43.5 Å². The van der Waals surface area contributed by atoms with Gasteiger partial charge in [0.15, 0.2) is 0 Å². The molecule has 0 unspecified atom stereocenters. The highest BCUT2D eigenvalue weighted by atomic mass is 79.9. The summed E-state index contributed by atoms with van der Waals surface area (Å²) in [4.78, 5) is 12.6. The Morgan fingerprint density at radius 3 is 2.40 bits per heavy atom. The summed E-state index contributed by atoms with van der Waals surface area (Å²) in [7, 11) is -2.52. The van der Waals surface area contributed by atoms with Gasteiger partial charge >= 0.3 is 0 Å². The monoisotopic (exact) mass is 528 g/mol. The van der Waals surface area contributed by atoms with Crippen molar-refractivity contribution in [2.75, 3.05) is 17.1 Å². The zero-order valence-electron chi connectivity index (χ0n) is 15.4. The van der Waals surface area contributed by atoms with E-state index >= 15 is 0 Å². The van der Waals surface area contributed by atoms with Gasteiger partial charge in [-0.15, -0.1) is 0 Å². The molecule has 0 aliphatic heterocycles. The second kappa shape index (κ2) is 9.26. The average Bonchev–Trinajstić information content (AvgIpc) is 2.69. The number of hydrogen-bond acceptors (Lipinski definition) is 4. The normalized spacial score (nSPS) is 11.1. The van der Waals surface area contributed by atoms with Crippen LogP contribution < -0.4 is 14.8 Å². The van der Waals surface area contributed by atoms with E-state index in [0.29, 0.717) is 15.2 Å². The van der Waals surface area contributed by atoms with Crippen LogP contribution in [0.25, 0.3) is 0 Å². The Morgan fingerprint density at radius 2 is 1.73 bits per heavy atom. The summed E-state index contributed by atoms with van der Waals surface area (Å²) in [6.07, 6.45) is 0. The Morgan fingerprint density at radius 1 is 1.00 bits per heavy atom. The van der Waals surface area contributed by atoms with Crippen molar-refractivity contribution in [1.29, 1.82) is 0 Å². The number of hydrogen-bond donors (Lipinski definition) is 2. The fourth-order valence-corrected chi connectivity index (χ4v) is 4.68. The molecule has 156 valence electrons. The molecule has 30 heavy (non-hydrogen) atoms. The average molecular weight is 530 g/mol. The first kappa shape index (κ1) is 22.4. The lowest BCUT2D eigenvalue weighted by Crippen LogP contribution is -2.16. The van der Waals surface area contributed by atoms with Crippen molar-refractivity contribution in [3.63, 3.8) is 0 Å². The molecule has 3 rings (SSSR count). The molecule has 0 aromatic heterocycles. The Labute approximate surface area is 192 Å². The Bertz CT molecular complexity index is 1220. The van der Waals surface area contributed by atoms with Crippen LogP contribution in [-0.4, -0.2) is 21.4 Å². The molecule has 3 aromatic rings. The van der Waals surface area contributed by atoms with E-state index in [0.717, 1.165) is 0 Å². The first-order chi connectivity index (χ1) is 14.2. The van der Waals surface area contributed by atoms with E-state index in [-0.39, 0.29) is 26.9 Å². The summed E-state index contributed by atoms with van der Waals surface area (Å²) in [5.74, 6) is -0.253. The first-order valence-electron chi connectivity index (χ1n) is 8.43. The number of benzene rings is 3. The Hall–Kier alpha value is -2.26. The number of ether oxygens (including phenoxy) is 1. The number of nitrogens with one attached hydrogen (secondary N) is 2. The molecule has 6 nitrogen and oxygen atoms in total. The number of carbonyl (C=O) groups is 1. The van der Waals surface area contributed by atoms with Gasteiger partial charge in [-0.1, -0.05) is 35.3 Å². The molecule has 0 saturated carbocycles. The SMILES string of the molecule is COc1ccc(S(=O)(=O)Nc2ccccc2Br)cc1NC(=O)c1ccc(Cl)cc1Cl. The third kappa shape index (κ3) is 5.07. The Balaban J connectivity index is 1.93. The van der Waals surface area contributed by atoms with E-state index in [1.807, 2.05) is 0 Å². The number of anilines is 2. The van der Waals surface area contributed by atoms with Crippen LogP contribution in [0.1, 0.15) is 10.4 Å². The van der Waals surface area contributed by atoms with Crippen LogP contribution in [0.2, 0.25) is 10.0 Å². The minimum absolute atomic E-state index is 0.0587. The predicted molar refractivity (Wildman–Crippen MR) is 122 cm³/mol. The number of halogens is 3. The van der Waals surface area contributed by atoms with Crippen LogP contribution in [-0.2, 0) is 10.0 Å². The summed E-state index contributed by atoms with van der Waals surface area (Å²) >= 11 is 15.3. The first-order valence-corrected chi connectivity index (χ1v) is 11.5. The summed E-state index contributed by atoms with van der Waals surface area (Å²) in [6.45, 7) is 0. The van der Waals surface area contributed by atoms with Crippen LogP contribution in [0.15, 0.2) is 70.0 Å². The van der Waals surface area contributed by atoms with Gasteiger partial charge < -0.3 is 10.1 Å². The minimum atomic E-state index is -3.93. The van der Waals surface area contributed by atoms with Crippen molar-refractivity contribution >= 4 is 66.4 Å². The zero-order chi connectivity index (χ0) is 21.9. The summed E-state index contributed by atoms with van der Waals surface area (Å²) in [5.41, 5.74) is 0.734. The summed E-state index contributed by atoms with van der Waals surface area (Å²) < 4.78 is 34.0. The van der Waals surface area contributed by atoms with Crippen molar-refractivity contribution in [1.82, 2.24) is 0 Å². The number of methoxy groups -OCH3 is 1. The van der Waals surface area contributed by atoms with Gasteiger partial charge in [-0.05, 0) is 64.5 Å². The highest BCUT2D eigenvalue weighted by Crippen LogP contribution is 2.31. The van der Waals surface area contributed by atoms with Crippen LogP contribution in [0.5, 0.6) is 5.75 Å². The lowest BCUT2D eigenvalue weighted by atomic mass is 10.2. The smallest absolute Gasteiger partial charge is 0.262 e. The van der Waals surface area contributed by atoms with Crippen LogP contribution in [0.4, 0.5) is 11.4 Å². The molecular weight excluding hydrogens is 515 g/mol. The molecule has 0 atom stereocenters. The molecule has 0 heterocycles. The minimum Gasteiger partial charge on any atom is -0.495 e. The molecule has 0 aliphatic carbocycles. The maximum atomic E-state index is 12.8.